The fourth-order valence-electron chi connectivity index (χ4n) is 2.02. The number of aromatic amines is 1. The number of nitrogens with zero attached hydrogens (tertiary/aromatic N) is 1. The summed E-state index contributed by atoms with van der Waals surface area (Å²) in [7, 11) is -0.965. The summed E-state index contributed by atoms with van der Waals surface area (Å²) in [5, 5.41) is 0.371. The van der Waals surface area contributed by atoms with Gasteiger partial charge >= 0.3 is 7.82 Å². The van der Waals surface area contributed by atoms with Crippen molar-refractivity contribution in [1.29, 1.82) is 0 Å². The number of rotatable bonds is 5. The van der Waals surface area contributed by atoms with E-state index >= 15 is 0 Å². The Balaban J connectivity index is 2.50. The van der Waals surface area contributed by atoms with Crippen LogP contribution in [-0.4, -0.2) is 40.3 Å². The van der Waals surface area contributed by atoms with E-state index in [1.54, 1.807) is 12.1 Å². The number of fused-ring (bicyclic) bond motifs is 1. The predicted octanol–water partition coefficient (Wildman–Crippen LogP) is 1.88. The van der Waals surface area contributed by atoms with Gasteiger partial charge in [0.2, 0.25) is 0 Å². The Morgan fingerprint density at radius 2 is 2.10 bits per heavy atom. The highest BCUT2D eigenvalue weighted by Crippen LogP contribution is 2.42. The summed E-state index contributed by atoms with van der Waals surface area (Å²) in [6.07, 6.45) is 0.403. The minimum atomic E-state index is -4.69. The molecule has 0 aliphatic rings. The molecule has 0 saturated heterocycles. The lowest BCUT2D eigenvalue weighted by atomic mass is 10.1. The molecule has 8 heteroatoms. The van der Waals surface area contributed by atoms with Gasteiger partial charge in [-0.05, 0) is 32.6 Å². The average Bonchev–Trinajstić information content (AvgIpc) is 2.61. The Bertz CT molecular complexity index is 665. The first-order valence-electron chi connectivity index (χ1n) is 5.97. The maximum atomic E-state index is 13.9. The summed E-state index contributed by atoms with van der Waals surface area (Å²) in [5.74, 6) is -0.534. The molecule has 0 aliphatic carbocycles. The van der Waals surface area contributed by atoms with Gasteiger partial charge in [-0.3, -0.25) is 9.79 Å². The van der Waals surface area contributed by atoms with Gasteiger partial charge in [0.25, 0.3) is 0 Å². The maximum Gasteiger partial charge on any atom is 0.524 e. The first-order chi connectivity index (χ1) is 9.28. The molecule has 0 saturated carbocycles. The number of likely N-dealkylation sites (N-methyl/N-ethyl adjacent to an activating group) is 1. The molecular weight excluding hydrogens is 286 g/mol. The third-order valence-electron chi connectivity index (χ3n) is 2.86. The van der Waals surface area contributed by atoms with Crippen LogP contribution in [0.3, 0.4) is 0 Å². The number of halogens is 1. The Hall–Kier alpha value is -1.40. The second-order valence-corrected chi connectivity index (χ2v) is 5.90. The molecule has 6 nitrogen and oxygen atoms in total. The van der Waals surface area contributed by atoms with E-state index in [9.17, 15) is 8.96 Å². The Morgan fingerprint density at radius 3 is 2.70 bits per heavy atom. The lowest BCUT2D eigenvalue weighted by Crippen LogP contribution is -2.15. The lowest BCUT2D eigenvalue weighted by molar-refractivity contribution is 0.284. The molecule has 0 atom stereocenters. The van der Waals surface area contributed by atoms with E-state index in [2.05, 4.69) is 9.51 Å². The summed E-state index contributed by atoms with van der Waals surface area (Å²) in [4.78, 5) is 22.3. The third kappa shape index (κ3) is 3.37. The number of hydrogen-bond acceptors (Lipinski definition) is 3. The quantitative estimate of drug-likeness (QED) is 0.734. The highest BCUT2D eigenvalue weighted by atomic mass is 31.2. The van der Waals surface area contributed by atoms with E-state index < -0.39 is 13.8 Å². The van der Waals surface area contributed by atoms with Crippen LogP contribution in [0.15, 0.2) is 18.2 Å². The first kappa shape index (κ1) is 15.0. The van der Waals surface area contributed by atoms with E-state index in [-0.39, 0.29) is 5.75 Å². The average molecular weight is 302 g/mol. The number of benzene rings is 1. The number of H-pyrrole nitrogens is 1. The molecule has 1 heterocycles. The van der Waals surface area contributed by atoms with Crippen LogP contribution in [0.4, 0.5) is 4.39 Å². The molecule has 110 valence electrons. The zero-order valence-electron chi connectivity index (χ0n) is 11.1. The highest BCUT2D eigenvalue weighted by Gasteiger charge is 2.21. The predicted molar refractivity (Wildman–Crippen MR) is 73.2 cm³/mol. The molecule has 0 spiro atoms. The Kier molecular flexibility index (Phi) is 4.15. The second-order valence-electron chi connectivity index (χ2n) is 4.73. The van der Waals surface area contributed by atoms with Gasteiger partial charge in [-0.15, -0.1) is 0 Å². The number of nitrogens with one attached hydrogen (secondary N) is 1. The van der Waals surface area contributed by atoms with E-state index in [0.29, 0.717) is 29.4 Å². The van der Waals surface area contributed by atoms with Gasteiger partial charge in [0, 0.05) is 17.5 Å². The van der Waals surface area contributed by atoms with Crippen molar-refractivity contribution in [3.05, 3.63) is 29.7 Å². The molecule has 1 aromatic carbocycles. The van der Waals surface area contributed by atoms with Crippen molar-refractivity contribution >= 4 is 18.7 Å². The monoisotopic (exact) mass is 302 g/mol. The lowest BCUT2D eigenvalue weighted by Gasteiger charge is -2.11. The van der Waals surface area contributed by atoms with Crippen molar-refractivity contribution in [3.63, 3.8) is 0 Å². The Labute approximate surface area is 115 Å². The minimum absolute atomic E-state index is 0.0234. The van der Waals surface area contributed by atoms with E-state index in [0.717, 1.165) is 0 Å². The van der Waals surface area contributed by atoms with Crippen molar-refractivity contribution in [2.24, 2.45) is 0 Å². The molecule has 2 aromatic rings. The molecule has 0 radical (unpaired) electrons. The molecular formula is C12H16FN2O4P. The van der Waals surface area contributed by atoms with Gasteiger partial charge in [0.15, 0.2) is 5.95 Å². The maximum absolute atomic E-state index is 13.9. The summed E-state index contributed by atoms with van der Waals surface area (Å²) in [5.41, 5.74) is 0.806. The number of hydrogen-bond donors (Lipinski definition) is 3. The van der Waals surface area contributed by atoms with E-state index in [1.165, 1.54) is 6.07 Å². The molecule has 0 unspecified atom stereocenters. The van der Waals surface area contributed by atoms with Crippen molar-refractivity contribution in [2.45, 2.75) is 6.42 Å². The van der Waals surface area contributed by atoms with Crippen LogP contribution < -0.4 is 4.52 Å². The fraction of sp³-hybridized carbons (Fsp3) is 0.333. The number of aromatic nitrogens is 1. The fourth-order valence-corrected chi connectivity index (χ4v) is 2.43. The summed E-state index contributed by atoms with van der Waals surface area (Å²) >= 11 is 0. The van der Waals surface area contributed by atoms with Crippen LogP contribution in [0.25, 0.3) is 10.9 Å². The Morgan fingerprint density at radius 1 is 1.40 bits per heavy atom. The molecule has 20 heavy (non-hydrogen) atoms. The SMILES string of the molecule is CN(C)CCc1c(F)[nH]c2cccc(OP(=O)(O)O)c12. The third-order valence-corrected chi connectivity index (χ3v) is 3.30. The summed E-state index contributed by atoms with van der Waals surface area (Å²) in [6.45, 7) is 0.605. The number of phosphoric acid groups is 1. The van der Waals surface area contributed by atoms with Gasteiger partial charge in [-0.25, -0.2) is 4.57 Å². The second kappa shape index (κ2) is 5.54. The van der Waals surface area contributed by atoms with Crippen molar-refractivity contribution < 1.29 is 23.3 Å². The van der Waals surface area contributed by atoms with Crippen LogP contribution in [-0.2, 0) is 11.0 Å². The van der Waals surface area contributed by atoms with Gasteiger partial charge in [0.05, 0.1) is 5.52 Å². The van der Waals surface area contributed by atoms with Crippen molar-refractivity contribution in [1.82, 2.24) is 9.88 Å². The van der Waals surface area contributed by atoms with Gasteiger partial charge in [-0.2, -0.15) is 4.39 Å². The zero-order chi connectivity index (χ0) is 14.9. The van der Waals surface area contributed by atoms with Crippen LogP contribution in [0.5, 0.6) is 5.75 Å². The molecule has 3 N–H and O–H groups in total. The molecule has 0 aliphatic heterocycles. The van der Waals surface area contributed by atoms with Gasteiger partial charge in [0.1, 0.15) is 5.75 Å². The highest BCUT2D eigenvalue weighted by molar-refractivity contribution is 7.46. The smallest absolute Gasteiger partial charge is 0.404 e. The van der Waals surface area contributed by atoms with Crippen LogP contribution in [0.2, 0.25) is 0 Å². The largest absolute Gasteiger partial charge is 0.524 e. The first-order valence-corrected chi connectivity index (χ1v) is 7.50. The van der Waals surface area contributed by atoms with Crippen LogP contribution >= 0.6 is 7.82 Å². The van der Waals surface area contributed by atoms with E-state index in [4.69, 9.17) is 9.79 Å². The van der Waals surface area contributed by atoms with Crippen LogP contribution in [0, 0.1) is 5.95 Å². The molecule has 0 fully saturated rings. The standard InChI is InChI=1S/C12H16FN2O4P/c1-15(2)7-6-8-11-9(14-12(8)13)4-3-5-10(11)19-20(16,17)18/h3-5,14H,6-7H2,1-2H3,(H2,16,17,18). The number of phosphoric ester groups is 1. The van der Waals surface area contributed by atoms with Crippen molar-refractivity contribution in [2.75, 3.05) is 20.6 Å². The van der Waals surface area contributed by atoms with Gasteiger partial charge < -0.3 is 14.4 Å². The van der Waals surface area contributed by atoms with Gasteiger partial charge in [-0.1, -0.05) is 6.07 Å². The zero-order valence-corrected chi connectivity index (χ0v) is 12.0. The van der Waals surface area contributed by atoms with E-state index in [1.807, 2.05) is 19.0 Å². The molecule has 0 bridgehead atoms. The summed E-state index contributed by atoms with van der Waals surface area (Å²) < 4.78 is 29.6. The van der Waals surface area contributed by atoms with Crippen LogP contribution in [0.1, 0.15) is 5.56 Å². The molecule has 0 amide bonds. The molecule has 2 rings (SSSR count). The summed E-state index contributed by atoms with van der Waals surface area (Å²) in [6, 6.07) is 4.58. The van der Waals surface area contributed by atoms with Crippen molar-refractivity contribution in [3.8, 4) is 5.75 Å². The topological polar surface area (TPSA) is 85.8 Å². The molecule has 1 aromatic heterocycles. The normalized spacial score (nSPS) is 12.3. The minimum Gasteiger partial charge on any atom is -0.404 e.